The van der Waals surface area contributed by atoms with Gasteiger partial charge in [-0.15, -0.1) is 0 Å². The van der Waals surface area contributed by atoms with E-state index >= 15 is 0 Å². The molecule has 6 nitrogen and oxygen atoms in total. The average molecular weight is 320 g/mol. The summed E-state index contributed by atoms with van der Waals surface area (Å²) in [4.78, 5) is 26.7. The Kier molecular flexibility index (Phi) is 5.98. The number of ether oxygens (including phenoxy) is 1. The van der Waals surface area contributed by atoms with E-state index in [0.717, 1.165) is 24.3 Å². The Bertz CT molecular complexity index is 566. The number of amides is 2. The normalized spacial score (nSPS) is 15.3. The van der Waals surface area contributed by atoms with Gasteiger partial charge in [0.05, 0.1) is 32.8 Å². The van der Waals surface area contributed by atoms with Crippen molar-refractivity contribution in [3.8, 4) is 0 Å². The maximum absolute atomic E-state index is 12.2. The van der Waals surface area contributed by atoms with Crippen molar-refractivity contribution in [2.24, 2.45) is 0 Å². The molecule has 2 rings (SSSR count). The summed E-state index contributed by atoms with van der Waals surface area (Å²) in [5.74, 6) is 0.0107. The predicted molar refractivity (Wildman–Crippen MR) is 88.7 cm³/mol. The molecule has 0 radical (unpaired) electrons. The number of hydrogen-bond donors (Lipinski definition) is 2. The van der Waals surface area contributed by atoms with Gasteiger partial charge in [-0.1, -0.05) is 17.7 Å². The van der Waals surface area contributed by atoms with Crippen molar-refractivity contribution in [1.29, 1.82) is 0 Å². The molecule has 1 aromatic carbocycles. The zero-order valence-corrected chi connectivity index (χ0v) is 14.1. The summed E-state index contributed by atoms with van der Waals surface area (Å²) in [6.45, 7) is 9.43. The molecule has 0 spiro atoms. The van der Waals surface area contributed by atoms with Crippen LogP contribution in [0.2, 0.25) is 0 Å². The van der Waals surface area contributed by atoms with Gasteiger partial charge in [-0.2, -0.15) is 0 Å². The summed E-state index contributed by atoms with van der Waals surface area (Å²) < 4.78 is 5.00. The maximum Gasteiger partial charge on any atom is 0.410 e. The molecule has 1 fully saturated rings. The highest BCUT2D eigenvalue weighted by Gasteiger charge is 2.25. The smallest absolute Gasteiger partial charge is 0.410 e. The van der Waals surface area contributed by atoms with E-state index < -0.39 is 0 Å². The summed E-state index contributed by atoms with van der Waals surface area (Å²) in [6, 6.07) is 5.99. The Balaban J connectivity index is 1.79. The fraction of sp³-hybridized carbons (Fsp3) is 0.529. The highest BCUT2D eigenvalue weighted by molar-refractivity contribution is 5.92. The van der Waals surface area contributed by atoms with Crippen molar-refractivity contribution >= 4 is 17.7 Å². The number of aryl methyl sites for hydroxylation is 2. The molecule has 0 atom stereocenters. The van der Waals surface area contributed by atoms with Crippen LogP contribution < -0.4 is 10.2 Å². The van der Waals surface area contributed by atoms with Gasteiger partial charge >= 0.3 is 6.09 Å². The molecule has 1 saturated heterocycles. The van der Waals surface area contributed by atoms with Gasteiger partial charge in [0.25, 0.3) is 5.91 Å². The molecule has 0 unspecified atom stereocenters. The number of carbonyl (C=O) groups is 2. The van der Waals surface area contributed by atoms with Gasteiger partial charge in [0.15, 0.2) is 6.54 Å². The van der Waals surface area contributed by atoms with Crippen molar-refractivity contribution in [2.45, 2.75) is 20.8 Å². The third-order valence-corrected chi connectivity index (χ3v) is 4.06. The largest absolute Gasteiger partial charge is 0.450 e. The van der Waals surface area contributed by atoms with Crippen molar-refractivity contribution in [3.63, 3.8) is 0 Å². The molecule has 23 heavy (non-hydrogen) atoms. The molecular formula is C17H26N3O3+. The number of nitrogens with zero attached hydrogens (tertiary/aromatic N) is 1. The van der Waals surface area contributed by atoms with E-state index in [-0.39, 0.29) is 12.0 Å². The van der Waals surface area contributed by atoms with E-state index in [4.69, 9.17) is 4.74 Å². The Morgan fingerprint density at radius 1 is 1.26 bits per heavy atom. The number of piperazine rings is 1. The van der Waals surface area contributed by atoms with Crippen molar-refractivity contribution in [2.75, 3.05) is 44.6 Å². The molecule has 1 aliphatic rings. The van der Waals surface area contributed by atoms with E-state index in [1.54, 1.807) is 11.8 Å². The number of hydrogen-bond acceptors (Lipinski definition) is 3. The van der Waals surface area contributed by atoms with Crippen LogP contribution in [-0.4, -0.2) is 56.2 Å². The fourth-order valence-electron chi connectivity index (χ4n) is 2.77. The first kappa shape index (κ1) is 17.3. The minimum Gasteiger partial charge on any atom is -0.450 e. The molecule has 1 heterocycles. The van der Waals surface area contributed by atoms with Crippen LogP contribution in [0.5, 0.6) is 0 Å². The van der Waals surface area contributed by atoms with Crippen LogP contribution in [0, 0.1) is 13.8 Å². The number of quaternary nitrogens is 1. The number of anilines is 1. The van der Waals surface area contributed by atoms with Gasteiger partial charge in [-0.3, -0.25) is 9.69 Å². The molecule has 1 aromatic rings. The molecule has 0 aliphatic carbocycles. The highest BCUT2D eigenvalue weighted by atomic mass is 16.6. The van der Waals surface area contributed by atoms with Gasteiger partial charge in [-0.05, 0) is 32.4 Å². The number of rotatable bonds is 4. The van der Waals surface area contributed by atoms with Crippen LogP contribution in [0.3, 0.4) is 0 Å². The first-order chi connectivity index (χ1) is 11.0. The molecule has 2 N–H and O–H groups in total. The van der Waals surface area contributed by atoms with Crippen LogP contribution in [0.15, 0.2) is 18.2 Å². The molecule has 0 saturated carbocycles. The lowest BCUT2D eigenvalue weighted by Crippen LogP contribution is -3.15. The quantitative estimate of drug-likeness (QED) is 0.854. The average Bonchev–Trinajstić information content (AvgIpc) is 2.51. The summed E-state index contributed by atoms with van der Waals surface area (Å²) >= 11 is 0. The molecule has 6 heteroatoms. The zero-order chi connectivity index (χ0) is 16.8. The third-order valence-electron chi connectivity index (χ3n) is 4.06. The summed E-state index contributed by atoms with van der Waals surface area (Å²) in [5.41, 5.74) is 3.12. The molecule has 126 valence electrons. The fourth-order valence-corrected chi connectivity index (χ4v) is 2.77. The number of nitrogens with one attached hydrogen (secondary N) is 2. The molecule has 0 aromatic heterocycles. The van der Waals surface area contributed by atoms with Gasteiger partial charge < -0.3 is 15.0 Å². The number of benzene rings is 1. The van der Waals surface area contributed by atoms with Crippen LogP contribution >= 0.6 is 0 Å². The minimum absolute atomic E-state index is 0.0107. The monoisotopic (exact) mass is 320 g/mol. The van der Waals surface area contributed by atoms with E-state index in [1.807, 2.05) is 26.0 Å². The lowest BCUT2D eigenvalue weighted by Gasteiger charge is -2.31. The van der Waals surface area contributed by atoms with Crippen molar-refractivity contribution < 1.29 is 19.2 Å². The lowest BCUT2D eigenvalue weighted by atomic mass is 10.1. The van der Waals surface area contributed by atoms with Crippen LogP contribution in [0.1, 0.15) is 18.1 Å². The Morgan fingerprint density at radius 3 is 2.57 bits per heavy atom. The van der Waals surface area contributed by atoms with Crippen LogP contribution in [-0.2, 0) is 9.53 Å². The lowest BCUT2D eigenvalue weighted by molar-refractivity contribution is -0.895. The Labute approximate surface area is 137 Å². The molecular weight excluding hydrogens is 294 g/mol. The standard InChI is InChI=1S/C17H25N3O3/c1-4-23-17(22)20-9-7-19(8-10-20)12-16(21)18-15-6-5-13(2)11-14(15)3/h5-6,11H,4,7-10,12H2,1-3H3,(H,18,21)/p+1. The third kappa shape index (κ3) is 4.96. The topological polar surface area (TPSA) is 63.1 Å². The van der Waals surface area contributed by atoms with Gasteiger partial charge in [0, 0.05) is 5.69 Å². The first-order valence-electron chi connectivity index (χ1n) is 8.12. The van der Waals surface area contributed by atoms with Crippen LogP contribution in [0.25, 0.3) is 0 Å². The maximum atomic E-state index is 12.2. The minimum atomic E-state index is -0.258. The second-order valence-electron chi connectivity index (χ2n) is 5.98. The van der Waals surface area contributed by atoms with E-state index in [1.165, 1.54) is 10.5 Å². The van der Waals surface area contributed by atoms with Gasteiger partial charge in [0.2, 0.25) is 0 Å². The molecule has 2 amide bonds. The zero-order valence-electron chi connectivity index (χ0n) is 14.1. The number of carbonyl (C=O) groups excluding carboxylic acids is 2. The SMILES string of the molecule is CCOC(=O)N1CC[NH+](CC(=O)Nc2ccc(C)cc2C)CC1. The summed E-state index contributed by atoms with van der Waals surface area (Å²) in [6.07, 6.45) is -0.258. The van der Waals surface area contributed by atoms with Gasteiger partial charge in [0.1, 0.15) is 0 Å². The van der Waals surface area contributed by atoms with E-state index in [2.05, 4.69) is 11.4 Å². The molecule has 1 aliphatic heterocycles. The summed E-state index contributed by atoms with van der Waals surface area (Å²) in [7, 11) is 0. The second kappa shape index (κ2) is 7.97. The second-order valence-corrected chi connectivity index (χ2v) is 5.98. The first-order valence-corrected chi connectivity index (χ1v) is 8.12. The molecule has 0 bridgehead atoms. The Hall–Kier alpha value is -2.08. The highest BCUT2D eigenvalue weighted by Crippen LogP contribution is 2.15. The van der Waals surface area contributed by atoms with Crippen molar-refractivity contribution in [1.82, 2.24) is 4.90 Å². The van der Waals surface area contributed by atoms with Gasteiger partial charge in [-0.25, -0.2) is 4.79 Å². The van der Waals surface area contributed by atoms with E-state index in [0.29, 0.717) is 26.2 Å². The Morgan fingerprint density at radius 2 is 1.96 bits per heavy atom. The predicted octanol–water partition coefficient (Wildman–Crippen LogP) is 0.599. The van der Waals surface area contributed by atoms with E-state index in [9.17, 15) is 9.59 Å². The van der Waals surface area contributed by atoms with Crippen LogP contribution in [0.4, 0.5) is 10.5 Å². The summed E-state index contributed by atoms with van der Waals surface area (Å²) in [5, 5.41) is 2.97. The van der Waals surface area contributed by atoms with Crippen molar-refractivity contribution in [3.05, 3.63) is 29.3 Å².